The molecule has 0 unspecified atom stereocenters. The molecule has 6 rings (SSSR count). The lowest BCUT2D eigenvalue weighted by atomic mass is 9.76. The first-order valence-electron chi connectivity index (χ1n) is 16.9. The van der Waals surface area contributed by atoms with E-state index in [-0.39, 0.29) is 45.9 Å². The van der Waals surface area contributed by atoms with E-state index in [4.69, 9.17) is 15.2 Å². The Morgan fingerprint density at radius 3 is 2.46 bits per heavy atom. The number of benzene rings is 2. The lowest BCUT2D eigenvalue weighted by Gasteiger charge is -2.39. The molecule has 0 saturated carbocycles. The Balaban J connectivity index is 1.29. The summed E-state index contributed by atoms with van der Waals surface area (Å²) in [4.78, 5) is 22.7. The molecule has 2 saturated heterocycles. The Morgan fingerprint density at radius 1 is 1.06 bits per heavy atom. The zero-order chi connectivity index (χ0) is 35.8. The van der Waals surface area contributed by atoms with Crippen molar-refractivity contribution in [3.8, 4) is 22.7 Å². The van der Waals surface area contributed by atoms with Crippen LogP contribution in [0.25, 0.3) is 16.8 Å². The van der Waals surface area contributed by atoms with Crippen molar-refractivity contribution in [2.45, 2.75) is 77.6 Å². The summed E-state index contributed by atoms with van der Waals surface area (Å²) in [5.41, 5.74) is 9.35. The van der Waals surface area contributed by atoms with E-state index >= 15 is 0 Å². The number of nitrogens with zero attached hydrogens (tertiary/aromatic N) is 5. The van der Waals surface area contributed by atoms with Gasteiger partial charge in [0.2, 0.25) is 17.9 Å². The maximum atomic E-state index is 15.0. The number of nitrogens with two attached hydrogens (primary N) is 1. The van der Waals surface area contributed by atoms with Crippen LogP contribution in [0, 0.1) is 12.3 Å². The summed E-state index contributed by atoms with van der Waals surface area (Å²) in [6, 6.07) is 15.6. The van der Waals surface area contributed by atoms with Gasteiger partial charge in [-0.25, -0.2) is 4.68 Å². The topological polar surface area (TPSA) is 120 Å². The van der Waals surface area contributed by atoms with Crippen LogP contribution in [0.4, 0.5) is 24.9 Å². The van der Waals surface area contributed by atoms with Gasteiger partial charge in [-0.05, 0) is 72.8 Å². The number of ether oxygens (including phenoxy) is 2. The number of nitrogen functional groups attached to an aromatic ring is 1. The van der Waals surface area contributed by atoms with E-state index in [2.05, 4.69) is 47.2 Å². The number of piperidine rings is 1. The lowest BCUT2D eigenvalue weighted by Crippen LogP contribution is -2.41. The van der Waals surface area contributed by atoms with Crippen LogP contribution in [0.3, 0.4) is 0 Å². The minimum absolute atomic E-state index is 0.0747. The van der Waals surface area contributed by atoms with Crippen molar-refractivity contribution in [1.82, 2.24) is 25.1 Å². The molecule has 4 aromatic rings. The third-order valence-electron chi connectivity index (χ3n) is 9.67. The van der Waals surface area contributed by atoms with Crippen molar-refractivity contribution in [1.29, 1.82) is 0 Å². The van der Waals surface area contributed by atoms with E-state index in [0.29, 0.717) is 44.2 Å². The molecule has 0 amide bonds. The monoisotopic (exact) mass is 691 g/mol. The van der Waals surface area contributed by atoms with E-state index in [0.717, 1.165) is 29.5 Å². The van der Waals surface area contributed by atoms with Gasteiger partial charge in [0.1, 0.15) is 11.9 Å². The van der Waals surface area contributed by atoms with Crippen molar-refractivity contribution >= 4 is 17.7 Å². The quantitative estimate of drug-likeness (QED) is 0.194. The zero-order valence-electron chi connectivity index (χ0n) is 29.1. The number of carbonyl (C=O) groups is 1. The Bertz CT molecular complexity index is 1840. The molecule has 1 spiro atoms. The average molecular weight is 692 g/mol. The average Bonchev–Trinajstić information content (AvgIpc) is 3.69. The minimum Gasteiger partial charge on any atom is -0.465 e. The lowest BCUT2D eigenvalue weighted by molar-refractivity contribution is -0.198. The second-order valence-electron chi connectivity index (χ2n) is 14.3. The fourth-order valence-corrected chi connectivity index (χ4v) is 6.86. The number of aromatic nitrogens is 4. The summed E-state index contributed by atoms with van der Waals surface area (Å²) in [5, 5.41) is 7.75. The predicted octanol–water partition coefficient (Wildman–Crippen LogP) is 6.71. The van der Waals surface area contributed by atoms with Gasteiger partial charge in [0.05, 0.1) is 18.0 Å². The molecule has 2 fully saturated rings. The van der Waals surface area contributed by atoms with Gasteiger partial charge in [0.15, 0.2) is 0 Å². The number of esters is 1. The molecule has 0 aliphatic carbocycles. The maximum Gasteiger partial charge on any atom is 0.429 e. The first-order valence-corrected chi connectivity index (χ1v) is 16.9. The van der Waals surface area contributed by atoms with Crippen molar-refractivity contribution in [3.63, 3.8) is 0 Å². The molecule has 50 heavy (non-hydrogen) atoms. The third kappa shape index (κ3) is 7.57. The van der Waals surface area contributed by atoms with E-state index in [9.17, 15) is 18.0 Å². The Labute approximate surface area is 290 Å². The molecule has 10 nitrogen and oxygen atoms in total. The Hall–Kier alpha value is -4.65. The molecule has 3 N–H and O–H groups in total. The van der Waals surface area contributed by atoms with Crippen LogP contribution in [0.2, 0.25) is 0 Å². The van der Waals surface area contributed by atoms with Gasteiger partial charge in [-0.3, -0.25) is 4.79 Å². The SMILES string of the molecule is CCOC(=O)[C@@H]1CC2(CCN(c3cc(O[C@H](c4ccc(-c5cccc(C(C)(C)C)c5)cc4-n4ccc(C)n4)C(F)(F)F)nc(N)n3)CC2)CN1. The first kappa shape index (κ1) is 35.2. The van der Waals surface area contributed by atoms with Gasteiger partial charge in [0.25, 0.3) is 0 Å². The summed E-state index contributed by atoms with van der Waals surface area (Å²) >= 11 is 0. The standard InChI is InChI=1S/C37H44F3N7O3/c1-6-49-33(48)28-21-36(22-42-28)13-16-46(17-14-36)30-20-31(44-34(41)43-30)50-32(37(38,39)40)27-11-10-25(19-29(27)47-15-12-23(2)45-47)24-8-7-9-26(18-24)35(3,4)5/h7-12,15,18-20,28,32,42H,6,13-14,16-17,21-22H2,1-5H3,(H2,41,43,44)/t28-,32+/m0/s1. The van der Waals surface area contributed by atoms with Gasteiger partial charge < -0.3 is 25.4 Å². The van der Waals surface area contributed by atoms with Crippen LogP contribution in [-0.2, 0) is 14.9 Å². The van der Waals surface area contributed by atoms with Crippen molar-refractivity contribution < 1.29 is 27.4 Å². The number of carbonyl (C=O) groups excluding carboxylic acids is 1. The van der Waals surface area contributed by atoms with E-state index < -0.39 is 12.3 Å². The highest BCUT2D eigenvalue weighted by molar-refractivity contribution is 5.76. The van der Waals surface area contributed by atoms with Crippen LogP contribution >= 0.6 is 0 Å². The number of halogens is 3. The summed E-state index contributed by atoms with van der Waals surface area (Å²) < 4.78 is 57.3. The number of hydrogen-bond acceptors (Lipinski definition) is 9. The Morgan fingerprint density at radius 2 is 1.80 bits per heavy atom. The molecule has 0 radical (unpaired) electrons. The maximum absolute atomic E-state index is 15.0. The molecule has 266 valence electrons. The second kappa shape index (κ2) is 13.6. The molecule has 2 aliphatic rings. The number of rotatable bonds is 8. The van der Waals surface area contributed by atoms with Crippen LogP contribution in [-0.4, -0.2) is 64.2 Å². The van der Waals surface area contributed by atoms with Gasteiger partial charge in [-0.15, -0.1) is 0 Å². The highest BCUT2D eigenvalue weighted by atomic mass is 19.4. The van der Waals surface area contributed by atoms with Crippen molar-refractivity contribution in [2.75, 3.05) is 36.9 Å². The summed E-state index contributed by atoms with van der Waals surface area (Å²) in [6.07, 6.45) is -3.36. The number of alkyl halides is 3. The van der Waals surface area contributed by atoms with Gasteiger partial charge in [-0.2, -0.15) is 28.2 Å². The molecular formula is C37H44F3N7O3. The molecule has 0 bridgehead atoms. The molecule has 4 heterocycles. The number of anilines is 2. The largest absolute Gasteiger partial charge is 0.465 e. The number of aryl methyl sites for hydroxylation is 1. The highest BCUT2D eigenvalue weighted by Gasteiger charge is 2.46. The number of hydrogen-bond donors (Lipinski definition) is 2. The fraction of sp³-hybridized carbons (Fsp3) is 0.459. The fourth-order valence-electron chi connectivity index (χ4n) is 6.86. The molecule has 2 aromatic carbocycles. The molecular weight excluding hydrogens is 647 g/mol. The second-order valence-corrected chi connectivity index (χ2v) is 14.3. The molecule has 2 aliphatic heterocycles. The third-order valence-corrected chi connectivity index (χ3v) is 9.67. The van der Waals surface area contributed by atoms with E-state index in [1.807, 2.05) is 23.1 Å². The minimum atomic E-state index is -4.81. The molecule has 2 atom stereocenters. The summed E-state index contributed by atoms with van der Waals surface area (Å²) in [6.45, 7) is 12.1. The van der Waals surface area contributed by atoms with Gasteiger partial charge in [0, 0.05) is 37.5 Å². The van der Waals surface area contributed by atoms with Crippen LogP contribution in [0.1, 0.15) is 69.9 Å². The van der Waals surface area contributed by atoms with E-state index in [1.54, 1.807) is 38.2 Å². The van der Waals surface area contributed by atoms with Gasteiger partial charge in [-0.1, -0.05) is 57.2 Å². The van der Waals surface area contributed by atoms with E-state index in [1.165, 1.54) is 16.8 Å². The Kier molecular flexibility index (Phi) is 9.55. The first-order chi connectivity index (χ1) is 23.6. The predicted molar refractivity (Wildman–Crippen MR) is 185 cm³/mol. The number of nitrogens with one attached hydrogen (secondary N) is 1. The van der Waals surface area contributed by atoms with Gasteiger partial charge >= 0.3 is 12.1 Å². The molecule has 13 heteroatoms. The molecule has 2 aromatic heterocycles. The highest BCUT2D eigenvalue weighted by Crippen LogP contribution is 2.43. The van der Waals surface area contributed by atoms with Crippen LogP contribution in [0.15, 0.2) is 60.8 Å². The van der Waals surface area contributed by atoms with Crippen LogP contribution < -0.4 is 20.7 Å². The zero-order valence-corrected chi connectivity index (χ0v) is 29.1. The normalized spacial score (nSPS) is 18.3. The smallest absolute Gasteiger partial charge is 0.429 e. The summed E-state index contributed by atoms with van der Waals surface area (Å²) in [5.74, 6) is -0.343. The van der Waals surface area contributed by atoms with Crippen LogP contribution in [0.5, 0.6) is 5.88 Å². The van der Waals surface area contributed by atoms with Crippen molar-refractivity contribution in [3.05, 3.63) is 77.6 Å². The summed E-state index contributed by atoms with van der Waals surface area (Å²) in [7, 11) is 0. The van der Waals surface area contributed by atoms with Crippen molar-refractivity contribution in [2.24, 2.45) is 5.41 Å².